The monoisotopic (exact) mass is 307 g/mol. The minimum absolute atomic E-state index is 0.194. The molecule has 0 fully saturated rings. The van der Waals surface area contributed by atoms with E-state index in [-0.39, 0.29) is 17.4 Å². The van der Waals surface area contributed by atoms with Crippen LogP contribution in [0.25, 0.3) is 0 Å². The molecule has 0 unspecified atom stereocenters. The molecule has 0 saturated carbocycles. The first-order valence-corrected chi connectivity index (χ1v) is 6.65. The van der Waals surface area contributed by atoms with E-state index in [0.29, 0.717) is 0 Å². The Kier molecular flexibility index (Phi) is 5.50. The number of nitro benzene ring substituents is 1. The van der Waals surface area contributed by atoms with E-state index < -0.39 is 33.9 Å². The smallest absolute Gasteiger partial charge is 0.280 e. The number of carbonyl (C=O) groups excluding carboxylic acids is 3. The average Bonchev–Trinajstić information content (AvgIpc) is 2.36. The van der Waals surface area contributed by atoms with Gasteiger partial charge in [-0.25, -0.2) is 0 Å². The molecule has 0 aliphatic heterocycles. The lowest BCUT2D eigenvalue weighted by Gasteiger charge is -2.13. The minimum Gasteiger partial charge on any atom is -0.491 e. The van der Waals surface area contributed by atoms with Crippen LogP contribution in [0.4, 0.5) is 5.69 Å². The first-order valence-electron chi connectivity index (χ1n) is 6.65. The molecule has 22 heavy (non-hydrogen) atoms. The molecular formula is C15H17NO6. The van der Waals surface area contributed by atoms with Crippen LogP contribution in [0.1, 0.15) is 38.1 Å². The van der Waals surface area contributed by atoms with Crippen molar-refractivity contribution in [3.63, 3.8) is 0 Å². The van der Waals surface area contributed by atoms with Gasteiger partial charge in [-0.05, 0) is 39.8 Å². The van der Waals surface area contributed by atoms with Gasteiger partial charge in [-0.1, -0.05) is 0 Å². The fraction of sp³-hybridized carbons (Fsp3) is 0.400. The Bertz CT molecular complexity index is 621. The summed E-state index contributed by atoms with van der Waals surface area (Å²) in [6, 6.07) is 3.69. The molecule has 0 radical (unpaired) electrons. The van der Waals surface area contributed by atoms with Crippen molar-refractivity contribution in [3.05, 3.63) is 33.9 Å². The van der Waals surface area contributed by atoms with Crippen molar-refractivity contribution in [3.8, 4) is 5.75 Å². The quantitative estimate of drug-likeness (QED) is 0.331. The van der Waals surface area contributed by atoms with Crippen LogP contribution in [0.3, 0.4) is 0 Å². The zero-order valence-electron chi connectivity index (χ0n) is 12.8. The Morgan fingerprint density at radius 2 is 1.68 bits per heavy atom. The van der Waals surface area contributed by atoms with Crippen LogP contribution in [0.2, 0.25) is 0 Å². The van der Waals surface area contributed by atoms with Crippen LogP contribution in [0.5, 0.6) is 5.75 Å². The molecule has 0 aliphatic carbocycles. The van der Waals surface area contributed by atoms with Crippen molar-refractivity contribution in [1.82, 2.24) is 0 Å². The van der Waals surface area contributed by atoms with Crippen LogP contribution < -0.4 is 4.74 Å². The van der Waals surface area contributed by atoms with Crippen LogP contribution in [0.15, 0.2) is 18.2 Å². The predicted molar refractivity (Wildman–Crippen MR) is 78.0 cm³/mol. The highest BCUT2D eigenvalue weighted by Crippen LogP contribution is 2.27. The van der Waals surface area contributed by atoms with Crippen molar-refractivity contribution in [1.29, 1.82) is 0 Å². The van der Waals surface area contributed by atoms with Crippen LogP contribution >= 0.6 is 0 Å². The average molecular weight is 307 g/mol. The Morgan fingerprint density at radius 3 is 2.09 bits per heavy atom. The number of ether oxygens (including phenoxy) is 1. The van der Waals surface area contributed by atoms with E-state index in [4.69, 9.17) is 4.74 Å². The molecule has 1 rings (SSSR count). The molecular weight excluding hydrogens is 290 g/mol. The van der Waals surface area contributed by atoms with Gasteiger partial charge in [0.1, 0.15) is 28.8 Å². The van der Waals surface area contributed by atoms with Gasteiger partial charge >= 0.3 is 0 Å². The lowest BCUT2D eigenvalue weighted by molar-refractivity contribution is -0.385. The van der Waals surface area contributed by atoms with Crippen molar-refractivity contribution in [2.24, 2.45) is 5.92 Å². The summed E-state index contributed by atoms with van der Waals surface area (Å²) in [4.78, 5) is 45.7. The van der Waals surface area contributed by atoms with E-state index in [0.717, 1.165) is 19.9 Å². The van der Waals surface area contributed by atoms with E-state index in [1.807, 2.05) is 0 Å². The number of Topliss-reactive ketones (excluding diaryl/α,β-unsaturated/α-hetero) is 3. The van der Waals surface area contributed by atoms with Crippen molar-refractivity contribution < 1.29 is 24.0 Å². The van der Waals surface area contributed by atoms with E-state index in [1.54, 1.807) is 13.8 Å². The topological polar surface area (TPSA) is 104 Å². The number of benzene rings is 1. The van der Waals surface area contributed by atoms with E-state index >= 15 is 0 Å². The molecule has 7 heteroatoms. The summed E-state index contributed by atoms with van der Waals surface area (Å²) >= 11 is 0. The zero-order valence-corrected chi connectivity index (χ0v) is 12.8. The number of hydrogen-bond donors (Lipinski definition) is 0. The SMILES string of the molecule is CC(=O)C(C(C)=O)C(=O)c1cc(OC(C)C)ccc1[N+](=O)[O-]. The first kappa shape index (κ1) is 17.5. The third kappa shape index (κ3) is 3.97. The van der Waals surface area contributed by atoms with Crippen molar-refractivity contribution >= 4 is 23.0 Å². The van der Waals surface area contributed by atoms with Gasteiger partial charge in [0, 0.05) is 6.07 Å². The Hall–Kier alpha value is -2.57. The third-order valence-electron chi connectivity index (χ3n) is 2.88. The standard InChI is InChI=1S/C15H17NO6/c1-8(2)22-11-5-6-13(16(20)21)12(7-11)15(19)14(9(3)17)10(4)18/h5-8,14H,1-4H3. The second kappa shape index (κ2) is 6.93. The second-order valence-corrected chi connectivity index (χ2v) is 5.12. The Morgan fingerprint density at radius 1 is 1.14 bits per heavy atom. The number of hydrogen-bond acceptors (Lipinski definition) is 6. The molecule has 0 bridgehead atoms. The number of carbonyl (C=O) groups is 3. The highest BCUT2D eigenvalue weighted by Gasteiger charge is 2.33. The highest BCUT2D eigenvalue weighted by molar-refractivity contribution is 6.24. The molecule has 1 aromatic rings. The molecule has 0 aliphatic rings. The largest absolute Gasteiger partial charge is 0.491 e. The number of rotatable bonds is 7. The molecule has 0 amide bonds. The molecule has 0 spiro atoms. The van der Waals surface area contributed by atoms with Crippen LogP contribution in [-0.2, 0) is 9.59 Å². The summed E-state index contributed by atoms with van der Waals surface area (Å²) in [6.07, 6.45) is -0.194. The van der Waals surface area contributed by atoms with Crippen molar-refractivity contribution in [2.45, 2.75) is 33.8 Å². The summed E-state index contributed by atoms with van der Waals surface area (Å²) < 4.78 is 5.40. The lowest BCUT2D eigenvalue weighted by Crippen LogP contribution is -2.29. The second-order valence-electron chi connectivity index (χ2n) is 5.12. The number of ketones is 3. The fourth-order valence-electron chi connectivity index (χ4n) is 2.03. The van der Waals surface area contributed by atoms with Crippen molar-refractivity contribution in [2.75, 3.05) is 0 Å². The van der Waals surface area contributed by atoms with Gasteiger partial charge in [0.2, 0.25) is 0 Å². The molecule has 0 heterocycles. The number of nitro groups is 1. The summed E-state index contributed by atoms with van der Waals surface area (Å²) in [5, 5.41) is 11.1. The Labute approximate surface area is 127 Å². The summed E-state index contributed by atoms with van der Waals surface area (Å²) in [6.45, 7) is 5.72. The maximum atomic E-state index is 12.4. The maximum absolute atomic E-state index is 12.4. The Balaban J connectivity index is 3.40. The fourth-order valence-corrected chi connectivity index (χ4v) is 2.03. The normalized spacial score (nSPS) is 10.6. The van der Waals surface area contributed by atoms with Gasteiger partial charge in [-0.15, -0.1) is 0 Å². The number of nitrogens with zero attached hydrogens (tertiary/aromatic N) is 1. The van der Waals surface area contributed by atoms with Crippen LogP contribution in [0, 0.1) is 16.0 Å². The molecule has 0 aromatic heterocycles. The van der Waals surface area contributed by atoms with Gasteiger partial charge in [0.25, 0.3) is 5.69 Å². The maximum Gasteiger partial charge on any atom is 0.280 e. The summed E-state index contributed by atoms with van der Waals surface area (Å²) in [5.41, 5.74) is -0.771. The van der Waals surface area contributed by atoms with E-state index in [1.165, 1.54) is 12.1 Å². The molecule has 0 atom stereocenters. The van der Waals surface area contributed by atoms with E-state index in [9.17, 15) is 24.5 Å². The molecule has 0 N–H and O–H groups in total. The van der Waals surface area contributed by atoms with Gasteiger partial charge in [-0.3, -0.25) is 24.5 Å². The van der Waals surface area contributed by atoms with Gasteiger partial charge in [-0.2, -0.15) is 0 Å². The predicted octanol–water partition coefficient (Wildman–Crippen LogP) is 2.36. The zero-order chi connectivity index (χ0) is 17.0. The van der Waals surface area contributed by atoms with Gasteiger partial charge < -0.3 is 4.74 Å². The minimum atomic E-state index is -1.53. The molecule has 0 saturated heterocycles. The summed E-state index contributed by atoms with van der Waals surface area (Å²) in [5.74, 6) is -3.47. The lowest BCUT2D eigenvalue weighted by atomic mass is 9.90. The molecule has 7 nitrogen and oxygen atoms in total. The molecule has 118 valence electrons. The van der Waals surface area contributed by atoms with Gasteiger partial charge in [0.15, 0.2) is 5.78 Å². The van der Waals surface area contributed by atoms with Gasteiger partial charge in [0.05, 0.1) is 11.0 Å². The first-order chi connectivity index (χ1) is 10.1. The molecule has 1 aromatic carbocycles. The van der Waals surface area contributed by atoms with E-state index in [2.05, 4.69) is 0 Å². The highest BCUT2D eigenvalue weighted by atomic mass is 16.6. The third-order valence-corrected chi connectivity index (χ3v) is 2.88. The van der Waals surface area contributed by atoms with Crippen LogP contribution in [-0.4, -0.2) is 28.4 Å². The summed E-state index contributed by atoms with van der Waals surface area (Å²) in [7, 11) is 0.